The molecular weight excluding hydrogens is 284 g/mol. The van der Waals surface area contributed by atoms with E-state index in [-0.39, 0.29) is 11.6 Å². The summed E-state index contributed by atoms with van der Waals surface area (Å²) in [6.07, 6.45) is 0. The molecule has 0 radical (unpaired) electrons. The highest BCUT2D eigenvalue weighted by molar-refractivity contribution is 7.93. The molecular formula is C12H14N2O5S. The van der Waals surface area contributed by atoms with Gasteiger partial charge in [0.2, 0.25) is 10.0 Å². The predicted octanol–water partition coefficient (Wildman–Crippen LogP) is 1.78. The second kappa shape index (κ2) is 5.12. The second-order valence-electron chi connectivity index (χ2n) is 4.64. The maximum atomic E-state index is 11.5. The lowest BCUT2D eigenvalue weighted by atomic mass is 10.2. The summed E-state index contributed by atoms with van der Waals surface area (Å²) in [7, 11) is -3.92. The van der Waals surface area contributed by atoms with Crippen LogP contribution in [0.15, 0.2) is 22.6 Å². The molecule has 2 rings (SSSR count). The number of oxazole rings is 1. The van der Waals surface area contributed by atoms with Crippen molar-refractivity contribution in [3.8, 4) is 0 Å². The van der Waals surface area contributed by atoms with Gasteiger partial charge >= 0.3 is 5.97 Å². The first kappa shape index (κ1) is 14.3. The van der Waals surface area contributed by atoms with Crippen LogP contribution in [0.1, 0.15) is 25.7 Å². The number of nitrogens with zero attached hydrogens (tertiary/aromatic N) is 1. The van der Waals surface area contributed by atoms with E-state index in [9.17, 15) is 13.2 Å². The molecule has 0 aliphatic heterocycles. The Balaban J connectivity index is 2.30. The lowest BCUT2D eigenvalue weighted by Crippen LogP contribution is -2.22. The maximum absolute atomic E-state index is 11.5. The first-order valence-corrected chi connectivity index (χ1v) is 7.55. The molecule has 20 heavy (non-hydrogen) atoms. The Morgan fingerprint density at radius 1 is 1.45 bits per heavy atom. The molecule has 1 heterocycles. The molecule has 0 spiro atoms. The summed E-state index contributed by atoms with van der Waals surface area (Å²) in [6.45, 7) is 3.86. The number of carbonyl (C=O) groups is 1. The van der Waals surface area contributed by atoms with E-state index in [1.807, 2.05) is 13.8 Å². The van der Waals surface area contributed by atoms with Crippen molar-refractivity contribution in [3.05, 3.63) is 24.1 Å². The first-order chi connectivity index (χ1) is 9.27. The van der Waals surface area contributed by atoms with Crippen LogP contribution in [0.5, 0.6) is 0 Å². The van der Waals surface area contributed by atoms with Crippen molar-refractivity contribution in [3.63, 3.8) is 0 Å². The van der Waals surface area contributed by atoms with Crippen LogP contribution in [0.2, 0.25) is 0 Å². The van der Waals surface area contributed by atoms with Gasteiger partial charge in [0.1, 0.15) is 5.52 Å². The van der Waals surface area contributed by atoms with Gasteiger partial charge in [0, 0.05) is 5.92 Å². The lowest BCUT2D eigenvalue weighted by molar-refractivity contribution is -0.134. The van der Waals surface area contributed by atoms with Gasteiger partial charge in [0.25, 0.3) is 0 Å². The topological polar surface area (TPSA) is 110 Å². The van der Waals surface area contributed by atoms with Gasteiger partial charge in [-0.05, 0) is 18.2 Å². The minimum Gasteiger partial charge on any atom is -0.480 e. The summed E-state index contributed by atoms with van der Waals surface area (Å²) in [5, 5.41) is 8.52. The summed E-state index contributed by atoms with van der Waals surface area (Å²) >= 11 is 0. The van der Waals surface area contributed by atoms with Gasteiger partial charge in [-0.25, -0.2) is 13.4 Å². The fourth-order valence-corrected chi connectivity index (χ4v) is 2.52. The highest BCUT2D eigenvalue weighted by Crippen LogP contribution is 2.24. The van der Waals surface area contributed by atoms with Crippen LogP contribution in [0.4, 0.5) is 5.69 Å². The number of aliphatic carboxylic acids is 1. The zero-order valence-corrected chi connectivity index (χ0v) is 11.8. The van der Waals surface area contributed by atoms with E-state index in [4.69, 9.17) is 9.52 Å². The molecule has 0 saturated carbocycles. The molecule has 108 valence electrons. The van der Waals surface area contributed by atoms with Crippen LogP contribution in [0, 0.1) is 0 Å². The Morgan fingerprint density at radius 2 is 2.15 bits per heavy atom. The largest absolute Gasteiger partial charge is 0.480 e. The smallest absolute Gasteiger partial charge is 0.320 e. The van der Waals surface area contributed by atoms with Gasteiger partial charge in [-0.2, -0.15) is 0 Å². The third kappa shape index (κ3) is 3.27. The predicted molar refractivity (Wildman–Crippen MR) is 73.1 cm³/mol. The molecule has 0 bridgehead atoms. The van der Waals surface area contributed by atoms with E-state index in [0.717, 1.165) is 0 Å². The Kier molecular flexibility index (Phi) is 3.67. The summed E-state index contributed by atoms with van der Waals surface area (Å²) in [4.78, 5) is 14.7. The van der Waals surface area contributed by atoms with E-state index >= 15 is 0 Å². The summed E-state index contributed by atoms with van der Waals surface area (Å²) in [5.74, 6) is -1.72. The van der Waals surface area contributed by atoms with Gasteiger partial charge in [-0.1, -0.05) is 13.8 Å². The van der Waals surface area contributed by atoms with E-state index < -0.39 is 21.7 Å². The molecule has 0 amide bonds. The quantitative estimate of drug-likeness (QED) is 0.870. The number of aromatic nitrogens is 1. The highest BCUT2D eigenvalue weighted by atomic mass is 32.2. The SMILES string of the molecule is CC(C)c1nc2cc(NS(=O)(=O)CC(=O)O)ccc2o1. The monoisotopic (exact) mass is 298 g/mol. The number of carboxylic acids is 1. The van der Waals surface area contributed by atoms with E-state index in [0.29, 0.717) is 17.0 Å². The van der Waals surface area contributed by atoms with Crippen LogP contribution in [-0.2, 0) is 14.8 Å². The van der Waals surface area contributed by atoms with Gasteiger partial charge in [-0.15, -0.1) is 0 Å². The van der Waals surface area contributed by atoms with Crippen molar-refractivity contribution in [2.24, 2.45) is 0 Å². The minimum absolute atomic E-state index is 0.120. The zero-order chi connectivity index (χ0) is 14.9. The second-order valence-corrected chi connectivity index (χ2v) is 6.37. The third-order valence-corrected chi connectivity index (χ3v) is 3.66. The number of hydrogen-bond acceptors (Lipinski definition) is 5. The Labute approximate surface area is 115 Å². The van der Waals surface area contributed by atoms with E-state index in [1.165, 1.54) is 12.1 Å². The number of nitrogens with one attached hydrogen (secondary N) is 1. The van der Waals surface area contributed by atoms with Gasteiger partial charge in [0.05, 0.1) is 5.69 Å². The molecule has 0 aliphatic rings. The van der Waals surface area contributed by atoms with Crippen LogP contribution in [0.25, 0.3) is 11.1 Å². The van der Waals surface area contributed by atoms with Crippen LogP contribution < -0.4 is 4.72 Å². The standard InChI is InChI=1S/C12H14N2O5S/c1-7(2)12-13-9-5-8(3-4-10(9)19-12)14-20(17,18)6-11(15)16/h3-5,7,14H,6H2,1-2H3,(H,15,16). The lowest BCUT2D eigenvalue weighted by Gasteiger charge is -2.05. The maximum Gasteiger partial charge on any atom is 0.320 e. The number of hydrogen-bond donors (Lipinski definition) is 2. The van der Waals surface area contributed by atoms with Crippen LogP contribution >= 0.6 is 0 Å². The first-order valence-electron chi connectivity index (χ1n) is 5.89. The average molecular weight is 298 g/mol. The summed E-state index contributed by atoms with van der Waals surface area (Å²) in [5.41, 5.74) is 1.32. The van der Waals surface area contributed by atoms with Crippen molar-refractivity contribution < 1.29 is 22.7 Å². The van der Waals surface area contributed by atoms with E-state index in [2.05, 4.69) is 9.71 Å². The number of benzene rings is 1. The fraction of sp³-hybridized carbons (Fsp3) is 0.333. The van der Waals surface area contributed by atoms with Crippen molar-refractivity contribution in [2.75, 3.05) is 10.5 Å². The van der Waals surface area contributed by atoms with Crippen molar-refractivity contribution in [2.45, 2.75) is 19.8 Å². The highest BCUT2D eigenvalue weighted by Gasteiger charge is 2.16. The van der Waals surface area contributed by atoms with Crippen LogP contribution in [0.3, 0.4) is 0 Å². The van der Waals surface area contributed by atoms with Gasteiger partial charge in [0.15, 0.2) is 17.2 Å². The number of rotatable bonds is 5. The Hall–Kier alpha value is -2.09. The molecule has 0 atom stereocenters. The Morgan fingerprint density at radius 3 is 2.75 bits per heavy atom. The molecule has 0 unspecified atom stereocenters. The molecule has 2 aromatic rings. The normalized spacial score (nSPS) is 11.9. The number of carboxylic acid groups (broad SMARTS) is 1. The van der Waals surface area contributed by atoms with Gasteiger partial charge in [-0.3, -0.25) is 9.52 Å². The molecule has 0 aliphatic carbocycles. The van der Waals surface area contributed by atoms with Crippen molar-refractivity contribution >= 4 is 32.8 Å². The summed E-state index contributed by atoms with van der Waals surface area (Å²) < 4.78 is 30.7. The van der Waals surface area contributed by atoms with E-state index in [1.54, 1.807) is 6.07 Å². The molecule has 0 fully saturated rings. The zero-order valence-electron chi connectivity index (χ0n) is 11.0. The van der Waals surface area contributed by atoms with Crippen molar-refractivity contribution in [1.82, 2.24) is 4.98 Å². The molecule has 1 aromatic carbocycles. The molecule has 1 aromatic heterocycles. The average Bonchev–Trinajstić information content (AvgIpc) is 2.69. The molecule has 7 nitrogen and oxygen atoms in total. The number of anilines is 1. The number of fused-ring (bicyclic) bond motifs is 1. The Bertz CT molecular complexity index is 748. The fourth-order valence-electron chi connectivity index (χ4n) is 1.63. The third-order valence-electron chi connectivity index (χ3n) is 2.48. The van der Waals surface area contributed by atoms with Crippen LogP contribution in [-0.4, -0.2) is 30.2 Å². The molecule has 2 N–H and O–H groups in total. The summed E-state index contributed by atoms with van der Waals surface area (Å²) in [6, 6.07) is 4.59. The number of sulfonamides is 1. The van der Waals surface area contributed by atoms with Crippen molar-refractivity contribution in [1.29, 1.82) is 0 Å². The molecule has 0 saturated heterocycles. The van der Waals surface area contributed by atoms with Gasteiger partial charge < -0.3 is 9.52 Å². The molecule has 8 heteroatoms. The minimum atomic E-state index is -3.92.